The highest BCUT2D eigenvalue weighted by atomic mass is 16.3. The number of nitrogens with one attached hydrogen (secondary N) is 1. The van der Waals surface area contributed by atoms with Crippen LogP contribution in [0.15, 0.2) is 12.4 Å². The summed E-state index contributed by atoms with van der Waals surface area (Å²) in [5, 5.41) is 13.0. The molecule has 2 unspecified atom stereocenters. The number of hydrogen-bond donors (Lipinski definition) is 2. The van der Waals surface area contributed by atoms with Crippen LogP contribution >= 0.6 is 0 Å². The number of aromatic nitrogens is 2. The van der Waals surface area contributed by atoms with Gasteiger partial charge in [0.25, 0.3) is 0 Å². The van der Waals surface area contributed by atoms with E-state index in [4.69, 9.17) is 0 Å². The van der Waals surface area contributed by atoms with Crippen LogP contribution in [-0.2, 0) is 0 Å². The normalized spacial score (nSPS) is 24.2. The molecule has 0 spiro atoms. The molecule has 1 saturated carbocycles. The second-order valence-corrected chi connectivity index (χ2v) is 5.12. The van der Waals surface area contributed by atoms with Gasteiger partial charge in [-0.05, 0) is 18.8 Å². The molecule has 1 aliphatic carbocycles. The molecule has 4 heteroatoms. The van der Waals surface area contributed by atoms with Gasteiger partial charge in [-0.2, -0.15) is 0 Å². The maximum atomic E-state index is 9.74. The van der Waals surface area contributed by atoms with Gasteiger partial charge < -0.3 is 10.4 Å². The fraction of sp³-hybridized carbons (Fsp3) is 0.692. The first-order valence-corrected chi connectivity index (χ1v) is 6.40. The molecule has 0 aliphatic heterocycles. The number of nitrogens with zero attached hydrogens (tertiary/aromatic N) is 2. The van der Waals surface area contributed by atoms with Gasteiger partial charge in [-0.1, -0.05) is 20.3 Å². The third-order valence-corrected chi connectivity index (χ3v) is 3.44. The highest BCUT2D eigenvalue weighted by Gasteiger charge is 2.24. The molecule has 94 valence electrons. The van der Waals surface area contributed by atoms with Gasteiger partial charge in [0.15, 0.2) is 0 Å². The summed E-state index contributed by atoms with van der Waals surface area (Å²) in [5.74, 6) is 1.64. The van der Waals surface area contributed by atoms with E-state index in [1.54, 1.807) is 6.33 Å². The Hall–Kier alpha value is -1.16. The average Bonchev–Trinajstić information content (AvgIpc) is 2.72. The van der Waals surface area contributed by atoms with Crippen LogP contribution in [0.25, 0.3) is 0 Å². The van der Waals surface area contributed by atoms with Crippen molar-refractivity contribution >= 4 is 5.82 Å². The molecule has 0 saturated heterocycles. The first kappa shape index (κ1) is 12.3. The van der Waals surface area contributed by atoms with Crippen molar-refractivity contribution in [1.82, 2.24) is 9.97 Å². The van der Waals surface area contributed by atoms with Crippen molar-refractivity contribution in [2.45, 2.75) is 45.1 Å². The van der Waals surface area contributed by atoms with Gasteiger partial charge in [0.1, 0.15) is 12.1 Å². The van der Waals surface area contributed by atoms with Crippen molar-refractivity contribution in [3.63, 3.8) is 0 Å². The van der Waals surface area contributed by atoms with Crippen LogP contribution in [-0.4, -0.2) is 27.7 Å². The van der Waals surface area contributed by atoms with Gasteiger partial charge in [0, 0.05) is 24.2 Å². The lowest BCUT2D eigenvalue weighted by molar-refractivity contribution is 0.138. The van der Waals surface area contributed by atoms with E-state index in [0.717, 1.165) is 37.3 Å². The molecule has 17 heavy (non-hydrogen) atoms. The van der Waals surface area contributed by atoms with Crippen molar-refractivity contribution < 1.29 is 5.11 Å². The Morgan fingerprint density at radius 1 is 1.41 bits per heavy atom. The summed E-state index contributed by atoms with van der Waals surface area (Å²) >= 11 is 0. The average molecular weight is 235 g/mol. The molecule has 2 rings (SSSR count). The lowest BCUT2D eigenvalue weighted by Crippen LogP contribution is -2.22. The van der Waals surface area contributed by atoms with E-state index >= 15 is 0 Å². The lowest BCUT2D eigenvalue weighted by Gasteiger charge is -2.15. The molecule has 0 aromatic carbocycles. The monoisotopic (exact) mass is 235 g/mol. The van der Waals surface area contributed by atoms with Crippen LogP contribution in [0.4, 0.5) is 5.82 Å². The summed E-state index contributed by atoms with van der Waals surface area (Å²) in [4.78, 5) is 8.44. The number of rotatable bonds is 4. The number of hydrogen-bond acceptors (Lipinski definition) is 4. The van der Waals surface area contributed by atoms with E-state index in [-0.39, 0.29) is 6.10 Å². The Bertz CT molecular complexity index is 367. The van der Waals surface area contributed by atoms with E-state index in [1.807, 2.05) is 6.07 Å². The first-order valence-electron chi connectivity index (χ1n) is 6.40. The predicted molar refractivity (Wildman–Crippen MR) is 68.0 cm³/mol. The molecule has 2 N–H and O–H groups in total. The van der Waals surface area contributed by atoms with E-state index in [1.165, 1.54) is 0 Å². The molecule has 1 heterocycles. The number of anilines is 1. The summed E-state index contributed by atoms with van der Waals surface area (Å²) in [6.45, 7) is 5.04. The third-order valence-electron chi connectivity index (χ3n) is 3.44. The Morgan fingerprint density at radius 3 is 2.88 bits per heavy atom. The Morgan fingerprint density at radius 2 is 2.24 bits per heavy atom. The largest absolute Gasteiger partial charge is 0.393 e. The minimum atomic E-state index is -0.145. The predicted octanol–water partition coefficient (Wildman–Crippen LogP) is 2.17. The molecule has 1 fully saturated rings. The van der Waals surface area contributed by atoms with E-state index in [9.17, 15) is 5.11 Å². The first-order chi connectivity index (χ1) is 8.16. The van der Waals surface area contributed by atoms with Gasteiger partial charge in [0.05, 0.1) is 6.10 Å². The topological polar surface area (TPSA) is 58.0 Å². The van der Waals surface area contributed by atoms with Crippen molar-refractivity contribution in [2.24, 2.45) is 5.92 Å². The molecular weight excluding hydrogens is 214 g/mol. The fourth-order valence-electron chi connectivity index (χ4n) is 2.28. The second-order valence-electron chi connectivity index (χ2n) is 5.12. The molecule has 0 bridgehead atoms. The molecule has 0 amide bonds. The van der Waals surface area contributed by atoms with Crippen molar-refractivity contribution in [3.05, 3.63) is 18.1 Å². The van der Waals surface area contributed by atoms with E-state index < -0.39 is 0 Å². The third kappa shape index (κ3) is 3.16. The van der Waals surface area contributed by atoms with Gasteiger partial charge in [0.2, 0.25) is 0 Å². The van der Waals surface area contributed by atoms with Crippen LogP contribution in [0, 0.1) is 5.92 Å². The molecule has 1 aliphatic rings. The van der Waals surface area contributed by atoms with Crippen molar-refractivity contribution in [1.29, 1.82) is 0 Å². The lowest BCUT2D eigenvalue weighted by atomic mass is 10.1. The van der Waals surface area contributed by atoms with Crippen LogP contribution in [0.2, 0.25) is 0 Å². The van der Waals surface area contributed by atoms with Gasteiger partial charge in [-0.15, -0.1) is 0 Å². The number of aliphatic hydroxyl groups is 1. The smallest absolute Gasteiger partial charge is 0.129 e. The summed E-state index contributed by atoms with van der Waals surface area (Å²) in [6.07, 6.45) is 4.63. The van der Waals surface area contributed by atoms with Crippen LogP contribution in [0.5, 0.6) is 0 Å². The minimum absolute atomic E-state index is 0.145. The van der Waals surface area contributed by atoms with Crippen molar-refractivity contribution in [2.75, 3.05) is 11.9 Å². The number of aliphatic hydroxyl groups excluding tert-OH is 1. The summed E-state index contributed by atoms with van der Waals surface area (Å²) in [6, 6.07) is 1.99. The van der Waals surface area contributed by atoms with Crippen LogP contribution in [0.3, 0.4) is 0 Å². The Labute approximate surface area is 102 Å². The molecule has 1 aromatic rings. The standard InChI is InChI=1S/C13H21N3O/c1-9(2)11-6-13(16-8-15-11)14-7-10-4-3-5-12(10)17/h6,8-10,12,17H,3-5,7H2,1-2H3,(H,14,15,16). The zero-order chi connectivity index (χ0) is 12.3. The zero-order valence-electron chi connectivity index (χ0n) is 10.6. The van der Waals surface area contributed by atoms with Crippen LogP contribution < -0.4 is 5.32 Å². The molecular formula is C13H21N3O. The van der Waals surface area contributed by atoms with Gasteiger partial charge in [-0.3, -0.25) is 0 Å². The molecule has 4 nitrogen and oxygen atoms in total. The molecule has 0 radical (unpaired) electrons. The maximum Gasteiger partial charge on any atom is 0.129 e. The van der Waals surface area contributed by atoms with E-state index in [0.29, 0.717) is 11.8 Å². The highest BCUT2D eigenvalue weighted by Crippen LogP contribution is 2.25. The SMILES string of the molecule is CC(C)c1cc(NCC2CCCC2O)ncn1. The van der Waals surface area contributed by atoms with Crippen molar-refractivity contribution in [3.8, 4) is 0 Å². The summed E-state index contributed by atoms with van der Waals surface area (Å²) in [7, 11) is 0. The zero-order valence-corrected chi connectivity index (χ0v) is 10.6. The Balaban J connectivity index is 1.92. The fourth-order valence-corrected chi connectivity index (χ4v) is 2.28. The highest BCUT2D eigenvalue weighted by molar-refractivity contribution is 5.35. The van der Waals surface area contributed by atoms with E-state index in [2.05, 4.69) is 29.1 Å². The maximum absolute atomic E-state index is 9.74. The van der Waals surface area contributed by atoms with Gasteiger partial charge in [-0.25, -0.2) is 9.97 Å². The Kier molecular flexibility index (Phi) is 3.94. The molecule has 1 aromatic heterocycles. The van der Waals surface area contributed by atoms with Gasteiger partial charge >= 0.3 is 0 Å². The minimum Gasteiger partial charge on any atom is -0.393 e. The second kappa shape index (κ2) is 5.45. The van der Waals surface area contributed by atoms with Crippen LogP contribution in [0.1, 0.15) is 44.7 Å². The summed E-state index contributed by atoms with van der Waals surface area (Å²) in [5.41, 5.74) is 1.05. The summed E-state index contributed by atoms with van der Waals surface area (Å²) < 4.78 is 0. The molecule has 2 atom stereocenters. The quantitative estimate of drug-likeness (QED) is 0.839.